The Bertz CT molecular complexity index is 664. The highest BCUT2D eigenvalue weighted by Gasteiger charge is 2.10. The Labute approximate surface area is 119 Å². The monoisotopic (exact) mass is 296 g/mol. The molecule has 20 heavy (non-hydrogen) atoms. The van der Waals surface area contributed by atoms with E-state index in [0.717, 1.165) is 0 Å². The fourth-order valence-electron chi connectivity index (χ4n) is 1.59. The second-order valence-electron chi connectivity index (χ2n) is 3.84. The van der Waals surface area contributed by atoms with Crippen molar-refractivity contribution < 1.29 is 19.0 Å². The van der Waals surface area contributed by atoms with Gasteiger partial charge in [0.25, 0.3) is 0 Å². The van der Waals surface area contributed by atoms with Crippen molar-refractivity contribution in [3.8, 4) is 5.75 Å². The molecule has 7 heteroatoms. The number of aromatic nitrogens is 1. The topological polar surface area (TPSA) is 71.5 Å². The van der Waals surface area contributed by atoms with E-state index in [2.05, 4.69) is 10.3 Å². The molecular formula is C13H10ClFN2O3. The van der Waals surface area contributed by atoms with Crippen molar-refractivity contribution in [1.82, 2.24) is 4.98 Å². The SMILES string of the molecule is COc1cc(F)ccc1Nc1cc(C(=O)O)cc(Cl)n1. The molecule has 2 aromatic rings. The van der Waals surface area contributed by atoms with E-state index in [0.29, 0.717) is 5.69 Å². The molecule has 0 saturated heterocycles. The maximum Gasteiger partial charge on any atom is 0.335 e. The number of hydrogen-bond donors (Lipinski definition) is 2. The molecule has 0 atom stereocenters. The number of halogens is 2. The molecule has 0 aliphatic carbocycles. The second-order valence-corrected chi connectivity index (χ2v) is 4.23. The molecule has 0 fully saturated rings. The van der Waals surface area contributed by atoms with Gasteiger partial charge >= 0.3 is 5.97 Å². The summed E-state index contributed by atoms with van der Waals surface area (Å²) in [4.78, 5) is 14.9. The summed E-state index contributed by atoms with van der Waals surface area (Å²) in [5, 5.41) is 11.8. The van der Waals surface area contributed by atoms with Gasteiger partial charge in [0.15, 0.2) is 0 Å². The van der Waals surface area contributed by atoms with Crippen LogP contribution >= 0.6 is 11.6 Å². The summed E-state index contributed by atoms with van der Waals surface area (Å²) in [5.41, 5.74) is 0.439. The number of methoxy groups -OCH3 is 1. The molecule has 1 aromatic carbocycles. The molecule has 1 heterocycles. The summed E-state index contributed by atoms with van der Waals surface area (Å²) in [6, 6.07) is 6.45. The first-order valence-electron chi connectivity index (χ1n) is 5.51. The zero-order chi connectivity index (χ0) is 14.7. The minimum atomic E-state index is -1.12. The Hall–Kier alpha value is -2.34. The van der Waals surface area contributed by atoms with E-state index in [-0.39, 0.29) is 22.3 Å². The minimum Gasteiger partial charge on any atom is -0.494 e. The standard InChI is InChI=1S/C13H10ClFN2O3/c1-20-10-6-8(15)2-3-9(10)16-12-5-7(13(18)19)4-11(14)17-12/h2-6H,1H3,(H,16,17)(H,18,19). The Morgan fingerprint density at radius 3 is 2.80 bits per heavy atom. The number of hydrogen-bond acceptors (Lipinski definition) is 4. The highest BCUT2D eigenvalue weighted by Crippen LogP contribution is 2.28. The summed E-state index contributed by atoms with van der Waals surface area (Å²) in [7, 11) is 1.40. The lowest BCUT2D eigenvalue weighted by atomic mass is 10.2. The van der Waals surface area contributed by atoms with Crippen molar-refractivity contribution in [3.63, 3.8) is 0 Å². The normalized spacial score (nSPS) is 10.2. The predicted molar refractivity (Wildman–Crippen MR) is 72.4 cm³/mol. The molecule has 0 bridgehead atoms. The summed E-state index contributed by atoms with van der Waals surface area (Å²) in [6.07, 6.45) is 0. The van der Waals surface area contributed by atoms with Crippen LogP contribution in [0.5, 0.6) is 5.75 Å². The zero-order valence-electron chi connectivity index (χ0n) is 10.4. The van der Waals surface area contributed by atoms with Crippen molar-refractivity contribution in [3.05, 3.63) is 46.9 Å². The quantitative estimate of drug-likeness (QED) is 0.847. The van der Waals surface area contributed by atoms with Crippen LogP contribution in [0.4, 0.5) is 15.9 Å². The van der Waals surface area contributed by atoms with Gasteiger partial charge in [-0.1, -0.05) is 11.6 Å². The van der Waals surface area contributed by atoms with E-state index >= 15 is 0 Å². The molecule has 2 N–H and O–H groups in total. The zero-order valence-corrected chi connectivity index (χ0v) is 11.1. The van der Waals surface area contributed by atoms with Crippen LogP contribution in [0, 0.1) is 5.82 Å². The first-order chi connectivity index (χ1) is 9.49. The maximum atomic E-state index is 13.1. The molecule has 2 rings (SSSR count). The van der Waals surface area contributed by atoms with E-state index in [1.807, 2.05) is 0 Å². The van der Waals surface area contributed by atoms with E-state index in [1.165, 1.54) is 37.4 Å². The molecular weight excluding hydrogens is 287 g/mol. The van der Waals surface area contributed by atoms with Crippen LogP contribution in [0.3, 0.4) is 0 Å². The molecule has 5 nitrogen and oxygen atoms in total. The molecule has 0 amide bonds. The van der Waals surface area contributed by atoms with E-state index in [9.17, 15) is 9.18 Å². The molecule has 0 spiro atoms. The van der Waals surface area contributed by atoms with Crippen molar-refractivity contribution in [2.75, 3.05) is 12.4 Å². The number of nitrogens with one attached hydrogen (secondary N) is 1. The molecule has 0 radical (unpaired) electrons. The van der Waals surface area contributed by atoms with Gasteiger partial charge in [-0.25, -0.2) is 14.2 Å². The van der Waals surface area contributed by atoms with E-state index in [4.69, 9.17) is 21.4 Å². The number of rotatable bonds is 4. The molecule has 104 valence electrons. The molecule has 0 aliphatic heterocycles. The Morgan fingerprint density at radius 2 is 2.15 bits per heavy atom. The van der Waals surface area contributed by atoms with Gasteiger partial charge in [-0.3, -0.25) is 0 Å². The number of ether oxygens (including phenoxy) is 1. The summed E-state index contributed by atoms with van der Waals surface area (Å²) >= 11 is 5.75. The number of aromatic carboxylic acids is 1. The van der Waals surface area contributed by atoms with Gasteiger partial charge in [0.2, 0.25) is 0 Å². The van der Waals surface area contributed by atoms with Gasteiger partial charge in [0.05, 0.1) is 18.4 Å². The number of nitrogens with zero attached hydrogens (tertiary/aromatic N) is 1. The maximum absolute atomic E-state index is 13.1. The number of carboxylic acids is 1. The van der Waals surface area contributed by atoms with Crippen LogP contribution in [0.2, 0.25) is 5.15 Å². The van der Waals surface area contributed by atoms with Crippen LogP contribution < -0.4 is 10.1 Å². The van der Waals surface area contributed by atoms with E-state index < -0.39 is 11.8 Å². The van der Waals surface area contributed by atoms with Crippen molar-refractivity contribution in [1.29, 1.82) is 0 Å². The van der Waals surface area contributed by atoms with Crippen LogP contribution in [-0.2, 0) is 0 Å². The third-order valence-corrected chi connectivity index (χ3v) is 2.66. The number of anilines is 2. The predicted octanol–water partition coefficient (Wildman–Crippen LogP) is 3.32. The lowest BCUT2D eigenvalue weighted by molar-refractivity contribution is 0.0697. The largest absolute Gasteiger partial charge is 0.494 e. The minimum absolute atomic E-state index is 0.00595. The third kappa shape index (κ3) is 3.16. The Balaban J connectivity index is 2.37. The van der Waals surface area contributed by atoms with Gasteiger partial charge in [-0.2, -0.15) is 0 Å². The average molecular weight is 297 g/mol. The van der Waals surface area contributed by atoms with Crippen LogP contribution in [0.25, 0.3) is 0 Å². The summed E-state index contributed by atoms with van der Waals surface area (Å²) in [5.74, 6) is -1.08. The third-order valence-electron chi connectivity index (χ3n) is 2.47. The summed E-state index contributed by atoms with van der Waals surface area (Å²) < 4.78 is 18.1. The number of carboxylic acid groups (broad SMARTS) is 1. The summed E-state index contributed by atoms with van der Waals surface area (Å²) in [6.45, 7) is 0. The Kier molecular flexibility index (Phi) is 4.05. The van der Waals surface area contributed by atoms with Gasteiger partial charge in [-0.15, -0.1) is 0 Å². The van der Waals surface area contributed by atoms with Crippen molar-refractivity contribution in [2.45, 2.75) is 0 Å². The van der Waals surface area contributed by atoms with Gasteiger partial charge < -0.3 is 15.2 Å². The lowest BCUT2D eigenvalue weighted by Gasteiger charge is -2.11. The fourth-order valence-corrected chi connectivity index (χ4v) is 1.80. The van der Waals surface area contributed by atoms with Gasteiger partial charge in [0.1, 0.15) is 22.5 Å². The first-order valence-corrected chi connectivity index (χ1v) is 5.89. The van der Waals surface area contributed by atoms with Gasteiger partial charge in [-0.05, 0) is 24.3 Å². The molecule has 0 saturated carbocycles. The van der Waals surface area contributed by atoms with Crippen molar-refractivity contribution in [2.24, 2.45) is 0 Å². The number of carbonyl (C=O) groups is 1. The van der Waals surface area contributed by atoms with Crippen LogP contribution in [0.1, 0.15) is 10.4 Å². The molecule has 0 unspecified atom stereocenters. The first kappa shape index (κ1) is 14.1. The van der Waals surface area contributed by atoms with Crippen molar-refractivity contribution >= 4 is 29.1 Å². The fraction of sp³-hybridized carbons (Fsp3) is 0.0769. The smallest absolute Gasteiger partial charge is 0.335 e. The van der Waals surface area contributed by atoms with Crippen LogP contribution in [-0.4, -0.2) is 23.2 Å². The van der Waals surface area contributed by atoms with Crippen LogP contribution in [0.15, 0.2) is 30.3 Å². The number of pyridine rings is 1. The molecule has 0 aliphatic rings. The highest BCUT2D eigenvalue weighted by atomic mass is 35.5. The number of benzene rings is 1. The van der Waals surface area contributed by atoms with E-state index in [1.54, 1.807) is 0 Å². The van der Waals surface area contributed by atoms with Gasteiger partial charge in [0, 0.05) is 6.07 Å². The Morgan fingerprint density at radius 1 is 1.40 bits per heavy atom. The highest BCUT2D eigenvalue weighted by molar-refractivity contribution is 6.29. The second kappa shape index (κ2) is 5.75. The average Bonchev–Trinajstić information content (AvgIpc) is 2.40. The molecule has 1 aromatic heterocycles. The lowest BCUT2D eigenvalue weighted by Crippen LogP contribution is -2.02.